The third-order valence-electron chi connectivity index (χ3n) is 2.60. The van der Waals surface area contributed by atoms with Gasteiger partial charge in [0.1, 0.15) is 10.9 Å². The van der Waals surface area contributed by atoms with Crippen LogP contribution in [0.25, 0.3) is 0 Å². The van der Waals surface area contributed by atoms with Gasteiger partial charge in [0.2, 0.25) is 0 Å². The van der Waals surface area contributed by atoms with E-state index in [-0.39, 0.29) is 0 Å². The van der Waals surface area contributed by atoms with Crippen molar-refractivity contribution in [2.24, 2.45) is 0 Å². The largest absolute Gasteiger partial charge is 0.360 e. The van der Waals surface area contributed by atoms with Gasteiger partial charge in [0.25, 0.3) is 0 Å². The van der Waals surface area contributed by atoms with Crippen molar-refractivity contribution in [3.05, 3.63) is 10.0 Å². The van der Waals surface area contributed by atoms with Gasteiger partial charge in [0.05, 0.1) is 0 Å². The van der Waals surface area contributed by atoms with Crippen LogP contribution < -0.4 is 10.6 Å². The number of halogens is 1. The third kappa shape index (κ3) is 3.54. The molecular formula is C10H14ClN5S. The molecule has 2 N–H and O–H groups in total. The topological polar surface area (TPSA) is 64.0 Å². The minimum absolute atomic E-state index is 0.294. The number of anilines is 1. The van der Waals surface area contributed by atoms with Gasteiger partial charge in [-0.3, -0.25) is 4.90 Å². The maximum absolute atomic E-state index is 8.75. The summed E-state index contributed by atoms with van der Waals surface area (Å²) < 4.78 is 0. The Morgan fingerprint density at radius 2 is 2.29 bits per heavy atom. The molecule has 0 aromatic carbocycles. The minimum Gasteiger partial charge on any atom is -0.360 e. The fourth-order valence-corrected chi connectivity index (χ4v) is 2.67. The Kier molecular flexibility index (Phi) is 4.57. The molecule has 1 aliphatic heterocycles. The molecule has 0 saturated carbocycles. The summed E-state index contributed by atoms with van der Waals surface area (Å²) in [5, 5.41) is 16.3. The second-order valence-corrected chi connectivity index (χ2v) is 5.13. The molecule has 0 amide bonds. The van der Waals surface area contributed by atoms with Gasteiger partial charge in [-0.25, -0.2) is 4.98 Å². The number of hydrogen-bond acceptors (Lipinski definition) is 6. The van der Waals surface area contributed by atoms with Gasteiger partial charge in [-0.1, -0.05) is 22.9 Å². The highest BCUT2D eigenvalue weighted by atomic mass is 35.5. The molecule has 92 valence electrons. The summed E-state index contributed by atoms with van der Waals surface area (Å²) in [4.78, 5) is 6.95. The SMILES string of the molecule is N#Cc1sc(NCCN2CCNCC2)nc1Cl. The summed E-state index contributed by atoms with van der Waals surface area (Å²) in [6.07, 6.45) is 0. The Balaban J connectivity index is 1.75. The van der Waals surface area contributed by atoms with Gasteiger partial charge >= 0.3 is 0 Å². The number of thiazole rings is 1. The third-order valence-corrected chi connectivity index (χ3v) is 3.90. The van der Waals surface area contributed by atoms with Crippen LogP contribution >= 0.6 is 22.9 Å². The lowest BCUT2D eigenvalue weighted by molar-refractivity contribution is 0.249. The lowest BCUT2D eigenvalue weighted by Crippen LogP contribution is -2.45. The van der Waals surface area contributed by atoms with Crippen molar-refractivity contribution in [1.82, 2.24) is 15.2 Å². The molecule has 2 heterocycles. The van der Waals surface area contributed by atoms with E-state index in [0.29, 0.717) is 10.0 Å². The molecule has 1 aliphatic rings. The van der Waals surface area contributed by atoms with Crippen LogP contribution in [0, 0.1) is 11.3 Å². The van der Waals surface area contributed by atoms with Crippen LogP contribution in [0.15, 0.2) is 0 Å². The van der Waals surface area contributed by atoms with Crippen molar-refractivity contribution in [2.45, 2.75) is 0 Å². The predicted octanol–water partition coefficient (Wildman–Crippen LogP) is 0.985. The summed E-state index contributed by atoms with van der Waals surface area (Å²) in [5.74, 6) is 0. The first-order chi connectivity index (χ1) is 8.29. The molecule has 1 aromatic rings. The van der Waals surface area contributed by atoms with E-state index in [2.05, 4.69) is 20.5 Å². The maximum atomic E-state index is 8.75. The number of aromatic nitrogens is 1. The first kappa shape index (κ1) is 12.6. The number of nitriles is 1. The fraction of sp³-hybridized carbons (Fsp3) is 0.600. The zero-order chi connectivity index (χ0) is 12.1. The Morgan fingerprint density at radius 1 is 1.53 bits per heavy atom. The van der Waals surface area contributed by atoms with E-state index in [0.717, 1.165) is 44.4 Å². The summed E-state index contributed by atoms with van der Waals surface area (Å²) in [6, 6.07) is 2.02. The lowest BCUT2D eigenvalue weighted by Gasteiger charge is -2.26. The summed E-state index contributed by atoms with van der Waals surface area (Å²) in [5.41, 5.74) is 0. The lowest BCUT2D eigenvalue weighted by atomic mass is 10.3. The molecular weight excluding hydrogens is 258 g/mol. The van der Waals surface area contributed by atoms with E-state index < -0.39 is 0 Å². The summed E-state index contributed by atoms with van der Waals surface area (Å²) >= 11 is 7.09. The summed E-state index contributed by atoms with van der Waals surface area (Å²) in [6.45, 7) is 6.10. The van der Waals surface area contributed by atoms with E-state index in [1.165, 1.54) is 11.3 Å². The van der Waals surface area contributed by atoms with Crippen LogP contribution in [0.3, 0.4) is 0 Å². The highest BCUT2D eigenvalue weighted by molar-refractivity contribution is 7.16. The van der Waals surface area contributed by atoms with Crippen LogP contribution in [0.5, 0.6) is 0 Å². The Labute approximate surface area is 109 Å². The molecule has 2 rings (SSSR count). The molecule has 0 unspecified atom stereocenters. The van der Waals surface area contributed by atoms with E-state index in [9.17, 15) is 0 Å². The number of nitrogens with zero attached hydrogens (tertiary/aromatic N) is 3. The number of piperazine rings is 1. The normalized spacial score (nSPS) is 16.7. The molecule has 1 fully saturated rings. The number of hydrogen-bond donors (Lipinski definition) is 2. The Morgan fingerprint density at radius 3 is 2.94 bits per heavy atom. The highest BCUT2D eigenvalue weighted by Crippen LogP contribution is 2.25. The average Bonchev–Trinajstić information content (AvgIpc) is 2.71. The fourth-order valence-electron chi connectivity index (χ4n) is 1.70. The smallest absolute Gasteiger partial charge is 0.185 e. The van der Waals surface area contributed by atoms with Gasteiger partial charge < -0.3 is 10.6 Å². The molecule has 5 nitrogen and oxygen atoms in total. The molecule has 1 aromatic heterocycles. The standard InChI is InChI=1S/C10H14ClN5S/c11-9-8(7-12)17-10(15-9)14-3-6-16-4-1-13-2-5-16/h13H,1-6H2,(H,14,15). The average molecular weight is 272 g/mol. The van der Waals surface area contributed by atoms with Crippen LogP contribution in [-0.4, -0.2) is 49.2 Å². The highest BCUT2D eigenvalue weighted by Gasteiger charge is 2.10. The van der Waals surface area contributed by atoms with E-state index in [1.807, 2.05) is 6.07 Å². The molecule has 0 bridgehead atoms. The van der Waals surface area contributed by atoms with Crippen molar-refractivity contribution in [2.75, 3.05) is 44.6 Å². The molecule has 7 heteroatoms. The zero-order valence-electron chi connectivity index (χ0n) is 9.37. The van der Waals surface area contributed by atoms with Crippen molar-refractivity contribution in [3.8, 4) is 6.07 Å². The van der Waals surface area contributed by atoms with Crippen LogP contribution in [0.1, 0.15) is 4.88 Å². The molecule has 0 atom stereocenters. The van der Waals surface area contributed by atoms with Crippen molar-refractivity contribution in [1.29, 1.82) is 5.26 Å². The molecule has 1 saturated heterocycles. The minimum atomic E-state index is 0.294. The van der Waals surface area contributed by atoms with Crippen LogP contribution in [-0.2, 0) is 0 Å². The second kappa shape index (κ2) is 6.17. The van der Waals surface area contributed by atoms with Crippen LogP contribution in [0.4, 0.5) is 5.13 Å². The first-order valence-corrected chi connectivity index (χ1v) is 6.72. The van der Waals surface area contributed by atoms with E-state index >= 15 is 0 Å². The van der Waals surface area contributed by atoms with Crippen molar-refractivity contribution >= 4 is 28.1 Å². The quantitative estimate of drug-likeness (QED) is 0.855. The Hall–Kier alpha value is -0.870. The monoisotopic (exact) mass is 271 g/mol. The van der Waals surface area contributed by atoms with Crippen LogP contribution in [0.2, 0.25) is 5.15 Å². The number of rotatable bonds is 4. The second-order valence-electron chi connectivity index (χ2n) is 3.77. The van der Waals surface area contributed by atoms with Gasteiger partial charge in [-0.05, 0) is 0 Å². The number of nitrogens with one attached hydrogen (secondary N) is 2. The van der Waals surface area contributed by atoms with Crippen molar-refractivity contribution in [3.63, 3.8) is 0 Å². The van der Waals surface area contributed by atoms with Gasteiger partial charge in [0.15, 0.2) is 10.3 Å². The van der Waals surface area contributed by atoms with Gasteiger partial charge in [-0.2, -0.15) is 5.26 Å². The molecule has 17 heavy (non-hydrogen) atoms. The molecule has 0 radical (unpaired) electrons. The molecule has 0 spiro atoms. The van der Waals surface area contributed by atoms with Crippen molar-refractivity contribution < 1.29 is 0 Å². The first-order valence-electron chi connectivity index (χ1n) is 5.53. The van der Waals surface area contributed by atoms with Gasteiger partial charge in [-0.15, -0.1) is 0 Å². The molecule has 0 aliphatic carbocycles. The zero-order valence-corrected chi connectivity index (χ0v) is 10.9. The van der Waals surface area contributed by atoms with E-state index in [1.54, 1.807) is 0 Å². The maximum Gasteiger partial charge on any atom is 0.185 e. The Bertz CT molecular complexity index is 407. The predicted molar refractivity (Wildman–Crippen MR) is 69.6 cm³/mol. The van der Waals surface area contributed by atoms with E-state index in [4.69, 9.17) is 16.9 Å². The summed E-state index contributed by atoms with van der Waals surface area (Å²) in [7, 11) is 0. The van der Waals surface area contributed by atoms with Gasteiger partial charge in [0, 0.05) is 39.3 Å².